The maximum Gasteiger partial charge on any atom is 0.303 e. The highest BCUT2D eigenvalue weighted by molar-refractivity contribution is 7.89. The van der Waals surface area contributed by atoms with Crippen LogP contribution in [-0.4, -0.2) is 52.4 Å². The monoisotopic (exact) mass is 483 g/mol. The van der Waals surface area contributed by atoms with Gasteiger partial charge in [0.05, 0.1) is 22.3 Å². The summed E-state index contributed by atoms with van der Waals surface area (Å²) in [4.78, 5) is 15.7. The molecule has 2 heterocycles. The first-order valence-electron chi connectivity index (χ1n) is 11.4. The Bertz CT molecular complexity index is 1150. The van der Waals surface area contributed by atoms with Gasteiger partial charge in [0.25, 0.3) is 0 Å². The van der Waals surface area contributed by atoms with Gasteiger partial charge in [0.2, 0.25) is 15.9 Å². The van der Waals surface area contributed by atoms with Gasteiger partial charge in [0.1, 0.15) is 5.82 Å². The summed E-state index contributed by atoms with van der Waals surface area (Å²) in [5.74, 6) is -2.76. The second-order valence-corrected chi connectivity index (χ2v) is 12.5. The number of carbonyl (C=O) groups is 1. The number of nitrogens with zero attached hydrogens (tertiary/aromatic N) is 3. The number of hydrogen-bond donors (Lipinski definition) is 1. The predicted octanol–water partition coefficient (Wildman–Crippen LogP) is 4.25. The number of sulfonamides is 1. The lowest BCUT2D eigenvalue weighted by Crippen LogP contribution is -2.50. The van der Waals surface area contributed by atoms with Crippen molar-refractivity contribution in [1.82, 2.24) is 13.9 Å². The standard InChI is InChI=1S/C23H31F2N3O4S/c1-22(2,3)21-26-18-11-17(33(31,32)27-12-16(13-27)10-20(29)30)4-5-19(18)28(21)14-15-6-8-23(24,25)9-7-15/h4-5,11,15-16H,6-10,12-14H2,1-3H3,(H,29,30). The first-order valence-corrected chi connectivity index (χ1v) is 12.8. The number of alkyl halides is 2. The minimum absolute atomic E-state index is 0.0441. The largest absolute Gasteiger partial charge is 0.481 e. The summed E-state index contributed by atoms with van der Waals surface area (Å²) in [5.41, 5.74) is 1.05. The predicted molar refractivity (Wildman–Crippen MR) is 120 cm³/mol. The summed E-state index contributed by atoms with van der Waals surface area (Å²) in [6.45, 7) is 7.05. The fraction of sp³-hybridized carbons (Fsp3) is 0.652. The average Bonchev–Trinajstić information content (AvgIpc) is 3.04. The van der Waals surface area contributed by atoms with Crippen molar-refractivity contribution in [1.29, 1.82) is 0 Å². The molecule has 1 aromatic carbocycles. The van der Waals surface area contributed by atoms with Gasteiger partial charge in [-0.3, -0.25) is 4.79 Å². The van der Waals surface area contributed by atoms with Crippen LogP contribution in [0.1, 0.15) is 58.7 Å². The summed E-state index contributed by atoms with van der Waals surface area (Å²) < 4.78 is 56.6. The average molecular weight is 484 g/mol. The van der Waals surface area contributed by atoms with Gasteiger partial charge in [-0.2, -0.15) is 4.31 Å². The van der Waals surface area contributed by atoms with Crippen molar-refractivity contribution in [3.05, 3.63) is 24.0 Å². The second-order valence-electron chi connectivity index (χ2n) is 10.5. The molecule has 2 aliphatic rings. The fourth-order valence-electron chi connectivity index (χ4n) is 4.81. The zero-order chi connectivity index (χ0) is 24.2. The molecule has 0 bridgehead atoms. The lowest BCUT2D eigenvalue weighted by atomic mass is 9.86. The zero-order valence-electron chi connectivity index (χ0n) is 19.2. The first kappa shape index (κ1) is 24.1. The number of carboxylic acid groups (broad SMARTS) is 1. The molecular formula is C23H31F2N3O4S. The molecular weight excluding hydrogens is 452 g/mol. The molecule has 10 heteroatoms. The van der Waals surface area contributed by atoms with Gasteiger partial charge >= 0.3 is 5.97 Å². The highest BCUT2D eigenvalue weighted by Gasteiger charge is 2.38. The second kappa shape index (κ2) is 8.30. The van der Waals surface area contributed by atoms with Gasteiger partial charge in [-0.1, -0.05) is 20.8 Å². The van der Waals surface area contributed by atoms with Gasteiger partial charge in [0, 0.05) is 37.9 Å². The van der Waals surface area contributed by atoms with Crippen molar-refractivity contribution >= 4 is 27.0 Å². The Labute approximate surface area is 192 Å². The van der Waals surface area contributed by atoms with Crippen molar-refractivity contribution in [3.8, 4) is 0 Å². The van der Waals surface area contributed by atoms with Gasteiger partial charge < -0.3 is 9.67 Å². The number of rotatable bonds is 6. The topological polar surface area (TPSA) is 92.5 Å². The number of imidazole rings is 1. The minimum atomic E-state index is -3.73. The molecule has 1 saturated heterocycles. The quantitative estimate of drug-likeness (QED) is 0.663. The minimum Gasteiger partial charge on any atom is -0.481 e. The number of benzene rings is 1. The molecule has 0 spiro atoms. The number of aliphatic carboxylic acids is 1. The first-order chi connectivity index (χ1) is 15.3. The van der Waals surface area contributed by atoms with Crippen LogP contribution in [0.2, 0.25) is 0 Å². The van der Waals surface area contributed by atoms with E-state index in [0.717, 1.165) is 11.3 Å². The molecule has 2 aromatic rings. The van der Waals surface area contributed by atoms with Crippen LogP contribution in [0.3, 0.4) is 0 Å². The molecule has 0 amide bonds. The summed E-state index contributed by atoms with van der Waals surface area (Å²) in [6, 6.07) is 4.87. The molecule has 1 aromatic heterocycles. The molecule has 1 aliphatic heterocycles. The normalized spacial score (nSPS) is 20.8. The third kappa shape index (κ3) is 4.91. The maximum absolute atomic E-state index is 13.6. The van der Waals surface area contributed by atoms with E-state index >= 15 is 0 Å². The number of fused-ring (bicyclic) bond motifs is 1. The SMILES string of the molecule is CC(C)(C)c1nc2cc(S(=O)(=O)N3CC(CC(=O)O)C3)ccc2n1CC1CCC(F)(F)CC1. The molecule has 1 saturated carbocycles. The Balaban J connectivity index is 1.61. The molecule has 0 atom stereocenters. The summed E-state index contributed by atoms with van der Waals surface area (Å²) in [6.07, 6.45) is 0.661. The van der Waals surface area contributed by atoms with E-state index < -0.39 is 21.9 Å². The van der Waals surface area contributed by atoms with E-state index in [9.17, 15) is 22.0 Å². The molecule has 0 unspecified atom stereocenters. The Kier molecular flexibility index (Phi) is 6.05. The third-order valence-electron chi connectivity index (χ3n) is 6.69. The van der Waals surface area contributed by atoms with Crippen LogP contribution in [0.5, 0.6) is 0 Å². The molecule has 1 N–H and O–H groups in total. The van der Waals surface area contributed by atoms with E-state index in [1.165, 1.54) is 4.31 Å². The van der Waals surface area contributed by atoms with E-state index in [0.29, 0.717) is 24.9 Å². The van der Waals surface area contributed by atoms with Crippen molar-refractivity contribution in [2.75, 3.05) is 13.1 Å². The lowest BCUT2D eigenvalue weighted by molar-refractivity contribution is -0.139. The molecule has 33 heavy (non-hydrogen) atoms. The highest BCUT2D eigenvalue weighted by Crippen LogP contribution is 2.38. The van der Waals surface area contributed by atoms with Gasteiger partial charge in [0.15, 0.2) is 0 Å². The van der Waals surface area contributed by atoms with Crippen LogP contribution in [0.25, 0.3) is 11.0 Å². The van der Waals surface area contributed by atoms with Crippen LogP contribution in [0, 0.1) is 11.8 Å². The van der Waals surface area contributed by atoms with Gasteiger partial charge in [-0.25, -0.2) is 22.2 Å². The van der Waals surface area contributed by atoms with Crippen molar-refractivity contribution in [3.63, 3.8) is 0 Å². The summed E-state index contributed by atoms with van der Waals surface area (Å²) in [5, 5.41) is 8.89. The Hall–Kier alpha value is -2.07. The Morgan fingerprint density at radius 2 is 1.82 bits per heavy atom. The number of halogens is 2. The Morgan fingerprint density at radius 3 is 2.39 bits per heavy atom. The van der Waals surface area contributed by atoms with Crippen LogP contribution in [-0.2, 0) is 26.8 Å². The van der Waals surface area contributed by atoms with Crippen LogP contribution in [0.15, 0.2) is 23.1 Å². The van der Waals surface area contributed by atoms with Gasteiger partial charge in [-0.15, -0.1) is 0 Å². The molecule has 7 nitrogen and oxygen atoms in total. The fourth-order valence-corrected chi connectivity index (χ4v) is 6.42. The van der Waals surface area contributed by atoms with Gasteiger partial charge in [-0.05, 0) is 42.9 Å². The molecule has 182 valence electrons. The van der Waals surface area contributed by atoms with E-state index in [1.807, 2.05) is 20.8 Å². The van der Waals surface area contributed by atoms with E-state index in [1.54, 1.807) is 18.2 Å². The zero-order valence-corrected chi connectivity index (χ0v) is 20.0. The lowest BCUT2D eigenvalue weighted by Gasteiger charge is -2.37. The number of aromatic nitrogens is 2. The maximum atomic E-state index is 13.6. The van der Waals surface area contributed by atoms with Crippen molar-refractivity contribution in [2.24, 2.45) is 11.8 Å². The molecule has 1 aliphatic carbocycles. The molecule has 2 fully saturated rings. The number of carboxylic acids is 1. The van der Waals surface area contributed by atoms with E-state index in [-0.39, 0.29) is 54.5 Å². The summed E-state index contributed by atoms with van der Waals surface area (Å²) in [7, 11) is -3.73. The van der Waals surface area contributed by atoms with E-state index in [4.69, 9.17) is 10.1 Å². The van der Waals surface area contributed by atoms with Crippen LogP contribution >= 0.6 is 0 Å². The highest BCUT2D eigenvalue weighted by atomic mass is 32.2. The third-order valence-corrected chi connectivity index (χ3v) is 8.52. The van der Waals surface area contributed by atoms with Crippen LogP contribution < -0.4 is 0 Å². The summed E-state index contributed by atoms with van der Waals surface area (Å²) >= 11 is 0. The van der Waals surface area contributed by atoms with E-state index in [2.05, 4.69) is 4.57 Å². The smallest absolute Gasteiger partial charge is 0.303 e. The Morgan fingerprint density at radius 1 is 1.18 bits per heavy atom. The number of hydrogen-bond acceptors (Lipinski definition) is 4. The van der Waals surface area contributed by atoms with Crippen molar-refractivity contribution in [2.45, 2.75) is 75.7 Å². The molecule has 0 radical (unpaired) electrons. The van der Waals surface area contributed by atoms with Crippen LogP contribution in [0.4, 0.5) is 8.78 Å². The molecule has 4 rings (SSSR count). The van der Waals surface area contributed by atoms with Crippen molar-refractivity contribution < 1.29 is 27.1 Å².